The van der Waals surface area contributed by atoms with E-state index < -0.39 is 10.0 Å². The third-order valence-corrected chi connectivity index (χ3v) is 4.69. The molecule has 0 amide bonds. The monoisotopic (exact) mass is 560 g/mol. The molecule has 0 heterocycles. The molecule has 0 aliphatic carbocycles. The summed E-state index contributed by atoms with van der Waals surface area (Å²) < 4.78 is 31.7. The maximum atomic E-state index is 11.6. The summed E-state index contributed by atoms with van der Waals surface area (Å²) in [4.78, 5) is 4.68. The lowest BCUT2D eigenvalue weighted by Crippen LogP contribution is -2.37. The second kappa shape index (κ2) is 12.7. The summed E-state index contributed by atoms with van der Waals surface area (Å²) in [6.07, 6.45) is 1.22. The van der Waals surface area contributed by atoms with Crippen LogP contribution in [0.4, 0.5) is 5.69 Å². The van der Waals surface area contributed by atoms with Gasteiger partial charge in [-0.3, -0.25) is 4.72 Å². The number of hydrogen-bond acceptors (Lipinski definition) is 4. The second-order valence-corrected chi connectivity index (χ2v) is 9.11. The molecule has 7 nitrogen and oxygen atoms in total. The zero-order valence-electron chi connectivity index (χ0n) is 18.7. The van der Waals surface area contributed by atoms with Gasteiger partial charge in [0.1, 0.15) is 5.75 Å². The van der Waals surface area contributed by atoms with Crippen LogP contribution in [0.5, 0.6) is 5.75 Å². The molecule has 0 unspecified atom stereocenters. The minimum Gasteiger partial charge on any atom is -0.491 e. The van der Waals surface area contributed by atoms with Crippen LogP contribution in [0.3, 0.4) is 0 Å². The molecule has 0 saturated heterocycles. The molecule has 9 heteroatoms. The number of ether oxygens (including phenoxy) is 1. The van der Waals surface area contributed by atoms with E-state index in [1.165, 1.54) is 0 Å². The number of nitrogens with one attached hydrogen (secondary N) is 3. The van der Waals surface area contributed by atoms with Crippen LogP contribution in [-0.2, 0) is 23.1 Å². The fraction of sp³-hybridized carbons (Fsp3) is 0.409. The minimum absolute atomic E-state index is 0. The number of halogens is 1. The van der Waals surface area contributed by atoms with Crippen LogP contribution < -0.4 is 20.1 Å². The number of guanidine groups is 1. The molecule has 0 atom stereocenters. The number of rotatable bonds is 9. The Balaban J connectivity index is 0.00000480. The highest BCUT2D eigenvalue weighted by Gasteiger charge is 2.09. The van der Waals surface area contributed by atoms with E-state index in [1.54, 1.807) is 12.1 Å². The van der Waals surface area contributed by atoms with Crippen molar-refractivity contribution in [2.75, 3.05) is 17.5 Å². The molecule has 172 valence electrons. The molecule has 3 N–H and O–H groups in total. The number of anilines is 1. The van der Waals surface area contributed by atoms with E-state index in [4.69, 9.17) is 4.74 Å². The predicted octanol–water partition coefficient (Wildman–Crippen LogP) is 4.03. The van der Waals surface area contributed by atoms with Gasteiger partial charge in [-0.05, 0) is 51.0 Å². The fourth-order valence-corrected chi connectivity index (χ4v) is 3.41. The smallest absolute Gasteiger partial charge is 0.229 e. The zero-order valence-corrected chi connectivity index (χ0v) is 21.9. The third-order valence-electron chi connectivity index (χ3n) is 4.10. The normalized spacial score (nSPS) is 11.6. The topological polar surface area (TPSA) is 91.8 Å². The van der Waals surface area contributed by atoms with E-state index in [9.17, 15) is 8.42 Å². The Morgan fingerprint density at radius 1 is 1.10 bits per heavy atom. The van der Waals surface area contributed by atoms with Gasteiger partial charge in [0, 0.05) is 18.7 Å². The van der Waals surface area contributed by atoms with Crippen molar-refractivity contribution in [1.82, 2.24) is 10.6 Å². The molecule has 0 saturated carbocycles. The number of benzene rings is 2. The fourth-order valence-electron chi connectivity index (χ4n) is 2.81. The van der Waals surface area contributed by atoms with Crippen LogP contribution in [0.15, 0.2) is 47.5 Å². The summed E-state index contributed by atoms with van der Waals surface area (Å²) in [5.74, 6) is 1.48. The molecule has 0 aromatic heterocycles. The Bertz CT molecular complexity index is 978. The lowest BCUT2D eigenvalue weighted by atomic mass is 10.1. The predicted molar refractivity (Wildman–Crippen MR) is 139 cm³/mol. The first-order chi connectivity index (χ1) is 14.2. The Labute approximate surface area is 203 Å². The molecule has 2 aromatic carbocycles. The Hall–Kier alpha value is -2.01. The largest absolute Gasteiger partial charge is 0.491 e. The molecular weight excluding hydrogens is 527 g/mol. The van der Waals surface area contributed by atoms with Crippen molar-refractivity contribution in [1.29, 1.82) is 0 Å². The van der Waals surface area contributed by atoms with Gasteiger partial charge in [0.15, 0.2) is 5.96 Å². The van der Waals surface area contributed by atoms with Crippen LogP contribution in [0.1, 0.15) is 37.5 Å². The van der Waals surface area contributed by atoms with E-state index in [1.807, 2.05) is 58.0 Å². The molecule has 2 aromatic rings. The first-order valence-electron chi connectivity index (χ1n) is 10.0. The van der Waals surface area contributed by atoms with E-state index in [0.29, 0.717) is 31.3 Å². The first kappa shape index (κ1) is 27.0. The van der Waals surface area contributed by atoms with Gasteiger partial charge in [-0.1, -0.05) is 30.3 Å². The standard InChI is InChI=1S/C22H32N4O3S.HI/c1-6-23-22(24-14-18-9-7-8-10-20(18)26-30(5,27)28)25-15-19-12-11-17(4)13-21(19)29-16(2)3;/h7-13,16,26H,6,14-15H2,1-5H3,(H2,23,24,25);1H. The van der Waals surface area contributed by atoms with Crippen molar-refractivity contribution in [2.45, 2.75) is 46.9 Å². The van der Waals surface area contributed by atoms with Gasteiger partial charge >= 0.3 is 0 Å². The highest BCUT2D eigenvalue weighted by atomic mass is 127. The van der Waals surface area contributed by atoms with Gasteiger partial charge in [0.2, 0.25) is 10.0 Å². The van der Waals surface area contributed by atoms with Gasteiger partial charge in [0.25, 0.3) is 0 Å². The van der Waals surface area contributed by atoms with Crippen LogP contribution in [0.2, 0.25) is 0 Å². The number of nitrogens with zero attached hydrogens (tertiary/aromatic N) is 1. The van der Waals surface area contributed by atoms with Crippen LogP contribution >= 0.6 is 24.0 Å². The summed E-state index contributed by atoms with van der Waals surface area (Å²) in [5, 5.41) is 6.49. The summed E-state index contributed by atoms with van der Waals surface area (Å²) in [6.45, 7) is 9.63. The van der Waals surface area contributed by atoms with Gasteiger partial charge in [-0.25, -0.2) is 13.4 Å². The minimum atomic E-state index is -3.35. The van der Waals surface area contributed by atoms with Gasteiger partial charge in [-0.15, -0.1) is 24.0 Å². The molecule has 0 radical (unpaired) electrons. The van der Waals surface area contributed by atoms with E-state index in [0.717, 1.165) is 28.7 Å². The third kappa shape index (κ3) is 9.77. The van der Waals surface area contributed by atoms with E-state index >= 15 is 0 Å². The number of aliphatic imine (C=N–C) groups is 1. The molecule has 2 rings (SSSR count). The zero-order chi connectivity index (χ0) is 22.1. The average Bonchev–Trinajstić information content (AvgIpc) is 2.64. The van der Waals surface area contributed by atoms with Crippen molar-refractivity contribution in [3.8, 4) is 5.75 Å². The molecule has 0 fully saturated rings. The van der Waals surface area contributed by atoms with E-state index in [-0.39, 0.29) is 30.1 Å². The van der Waals surface area contributed by atoms with Crippen molar-refractivity contribution in [3.05, 3.63) is 59.2 Å². The second-order valence-electron chi connectivity index (χ2n) is 7.36. The lowest BCUT2D eigenvalue weighted by Gasteiger charge is -2.16. The molecule has 0 aliphatic heterocycles. The SMILES string of the molecule is CCNC(=NCc1ccc(C)cc1OC(C)C)NCc1ccccc1NS(C)(=O)=O.I. The molecule has 31 heavy (non-hydrogen) atoms. The number of sulfonamides is 1. The number of para-hydroxylation sites is 1. The molecular formula is C22H33IN4O3S. The molecule has 0 spiro atoms. The van der Waals surface area contributed by atoms with Crippen LogP contribution in [0.25, 0.3) is 0 Å². The highest BCUT2D eigenvalue weighted by Crippen LogP contribution is 2.22. The van der Waals surface area contributed by atoms with Crippen molar-refractivity contribution in [3.63, 3.8) is 0 Å². The summed E-state index contributed by atoms with van der Waals surface area (Å²) in [5.41, 5.74) is 3.52. The molecule has 0 aliphatic rings. The first-order valence-corrected chi connectivity index (χ1v) is 11.9. The van der Waals surface area contributed by atoms with Crippen LogP contribution in [0, 0.1) is 6.92 Å². The maximum Gasteiger partial charge on any atom is 0.229 e. The molecule has 0 bridgehead atoms. The maximum absolute atomic E-state index is 11.6. The van der Waals surface area contributed by atoms with Crippen molar-refractivity contribution in [2.24, 2.45) is 4.99 Å². The average molecular weight is 561 g/mol. The Kier molecular flexibility index (Phi) is 11.1. The van der Waals surface area contributed by atoms with Crippen molar-refractivity contribution >= 4 is 45.6 Å². The van der Waals surface area contributed by atoms with E-state index in [2.05, 4.69) is 20.3 Å². The Morgan fingerprint density at radius 3 is 2.45 bits per heavy atom. The van der Waals surface area contributed by atoms with Crippen LogP contribution in [-0.4, -0.2) is 33.3 Å². The summed E-state index contributed by atoms with van der Waals surface area (Å²) in [6, 6.07) is 13.4. The number of aryl methyl sites for hydroxylation is 1. The summed E-state index contributed by atoms with van der Waals surface area (Å²) in [7, 11) is -3.35. The Morgan fingerprint density at radius 2 is 1.81 bits per heavy atom. The van der Waals surface area contributed by atoms with Gasteiger partial charge in [-0.2, -0.15) is 0 Å². The quantitative estimate of drug-likeness (QED) is 0.245. The van der Waals surface area contributed by atoms with Gasteiger partial charge in [0.05, 0.1) is 24.6 Å². The number of hydrogen-bond donors (Lipinski definition) is 3. The lowest BCUT2D eigenvalue weighted by molar-refractivity contribution is 0.240. The van der Waals surface area contributed by atoms with Gasteiger partial charge < -0.3 is 15.4 Å². The van der Waals surface area contributed by atoms with Crippen molar-refractivity contribution < 1.29 is 13.2 Å². The highest BCUT2D eigenvalue weighted by molar-refractivity contribution is 14.0. The summed E-state index contributed by atoms with van der Waals surface area (Å²) >= 11 is 0.